The molecule has 0 radical (unpaired) electrons. The first kappa shape index (κ1) is 21.6. The third-order valence-electron chi connectivity index (χ3n) is 5.94. The van der Waals surface area contributed by atoms with Gasteiger partial charge in [0.15, 0.2) is 0 Å². The number of piperidine rings is 1. The molecule has 0 aliphatic carbocycles. The number of hydrogen-bond donors (Lipinski definition) is 2. The van der Waals surface area contributed by atoms with E-state index in [0.29, 0.717) is 24.3 Å². The quantitative estimate of drug-likeness (QED) is 0.716. The molecule has 6 heteroatoms. The Morgan fingerprint density at radius 1 is 1.21 bits per heavy atom. The Labute approximate surface area is 177 Å². The molecule has 1 amide bonds. The van der Waals surface area contributed by atoms with E-state index >= 15 is 0 Å². The number of carbonyl (C=O) groups excluding carboxylic acids is 1. The van der Waals surface area contributed by atoms with E-state index in [2.05, 4.69) is 10.2 Å². The molecule has 1 saturated heterocycles. The van der Waals surface area contributed by atoms with E-state index in [4.69, 9.17) is 16.3 Å². The minimum atomic E-state index is -1.01. The summed E-state index contributed by atoms with van der Waals surface area (Å²) < 4.78 is 5.29. The van der Waals surface area contributed by atoms with Crippen LogP contribution in [0.3, 0.4) is 0 Å². The van der Waals surface area contributed by atoms with Crippen LogP contribution in [-0.2, 0) is 11.2 Å². The summed E-state index contributed by atoms with van der Waals surface area (Å²) in [6.45, 7) is 4.20. The lowest BCUT2D eigenvalue weighted by Gasteiger charge is -2.41. The lowest BCUT2D eigenvalue weighted by atomic mass is 9.80. The van der Waals surface area contributed by atoms with Crippen molar-refractivity contribution in [2.24, 2.45) is 5.92 Å². The number of anilines is 1. The summed E-state index contributed by atoms with van der Waals surface area (Å²) >= 11 is 6.24. The van der Waals surface area contributed by atoms with Crippen LogP contribution in [-0.4, -0.2) is 48.3 Å². The van der Waals surface area contributed by atoms with E-state index in [0.717, 1.165) is 36.6 Å². The number of halogens is 1. The maximum absolute atomic E-state index is 12.8. The summed E-state index contributed by atoms with van der Waals surface area (Å²) in [6, 6.07) is 15.2. The number of para-hydroxylation sites is 2. The average molecular weight is 417 g/mol. The maximum atomic E-state index is 12.8. The molecule has 2 aromatic carbocycles. The zero-order valence-electron chi connectivity index (χ0n) is 17.0. The van der Waals surface area contributed by atoms with Crippen LogP contribution in [0, 0.1) is 5.92 Å². The number of ether oxygens (including phenoxy) is 1. The predicted octanol–water partition coefficient (Wildman–Crippen LogP) is 3.99. The Morgan fingerprint density at radius 2 is 1.86 bits per heavy atom. The van der Waals surface area contributed by atoms with Crippen molar-refractivity contribution in [3.8, 4) is 5.75 Å². The zero-order valence-corrected chi connectivity index (χ0v) is 17.8. The molecule has 0 spiro atoms. The molecule has 156 valence electrons. The molecule has 2 aromatic rings. The fraction of sp³-hybridized carbons (Fsp3) is 0.435. The minimum Gasteiger partial charge on any atom is -0.495 e. The molecule has 3 rings (SSSR count). The van der Waals surface area contributed by atoms with Gasteiger partial charge in [-0.3, -0.25) is 4.79 Å². The third kappa shape index (κ3) is 5.30. The highest BCUT2D eigenvalue weighted by molar-refractivity contribution is 6.31. The average Bonchev–Trinajstić information content (AvgIpc) is 2.74. The van der Waals surface area contributed by atoms with Crippen molar-refractivity contribution >= 4 is 23.2 Å². The van der Waals surface area contributed by atoms with Gasteiger partial charge in [-0.05, 0) is 43.0 Å². The fourth-order valence-corrected chi connectivity index (χ4v) is 4.04. The minimum absolute atomic E-state index is 0.193. The molecule has 1 fully saturated rings. The van der Waals surface area contributed by atoms with Crippen molar-refractivity contribution < 1.29 is 14.6 Å². The van der Waals surface area contributed by atoms with Crippen LogP contribution in [0.5, 0.6) is 5.75 Å². The van der Waals surface area contributed by atoms with E-state index in [1.165, 1.54) is 0 Å². The molecule has 5 nitrogen and oxygen atoms in total. The molecule has 1 aliphatic rings. The number of nitrogens with one attached hydrogen (secondary N) is 1. The molecule has 0 aromatic heterocycles. The summed E-state index contributed by atoms with van der Waals surface area (Å²) in [6.07, 6.45) is 2.01. The standard InChI is InChI=1S/C23H29ClN2O3/c1-17(22(27)25-20-9-5-6-10-21(20)29-2)23(28)12-15-26(16-13-23)14-11-18-7-3-4-8-19(18)24/h3-10,17,28H,11-16H2,1-2H3,(H,25,27). The van der Waals surface area contributed by atoms with Crippen molar-refractivity contribution in [3.63, 3.8) is 0 Å². The van der Waals surface area contributed by atoms with Gasteiger partial charge in [0.1, 0.15) is 5.75 Å². The first-order valence-corrected chi connectivity index (χ1v) is 10.4. The van der Waals surface area contributed by atoms with Gasteiger partial charge in [-0.25, -0.2) is 0 Å². The van der Waals surface area contributed by atoms with Crippen LogP contribution in [0.15, 0.2) is 48.5 Å². The zero-order chi connectivity index (χ0) is 20.9. The number of amides is 1. The Hall–Kier alpha value is -2.08. The molecular weight excluding hydrogens is 388 g/mol. The number of rotatable bonds is 7. The van der Waals surface area contributed by atoms with Crippen molar-refractivity contribution in [3.05, 3.63) is 59.1 Å². The highest BCUT2D eigenvalue weighted by Gasteiger charge is 2.41. The van der Waals surface area contributed by atoms with Crippen molar-refractivity contribution in [2.75, 3.05) is 32.1 Å². The number of carbonyl (C=O) groups is 1. The summed E-state index contributed by atoms with van der Waals surface area (Å²) in [5, 5.41) is 14.8. The van der Waals surface area contributed by atoms with E-state index in [1.54, 1.807) is 26.2 Å². The van der Waals surface area contributed by atoms with Crippen molar-refractivity contribution in [2.45, 2.75) is 31.8 Å². The number of nitrogens with zero attached hydrogens (tertiary/aromatic N) is 1. The first-order chi connectivity index (χ1) is 13.9. The molecule has 1 atom stereocenters. The highest BCUT2D eigenvalue weighted by atomic mass is 35.5. The summed E-state index contributed by atoms with van der Waals surface area (Å²) in [4.78, 5) is 15.1. The van der Waals surface area contributed by atoms with Gasteiger partial charge >= 0.3 is 0 Å². The second-order valence-corrected chi connectivity index (χ2v) is 8.11. The van der Waals surface area contributed by atoms with Gasteiger partial charge in [0.25, 0.3) is 0 Å². The van der Waals surface area contributed by atoms with Crippen LogP contribution in [0.4, 0.5) is 5.69 Å². The maximum Gasteiger partial charge on any atom is 0.230 e. The highest BCUT2D eigenvalue weighted by Crippen LogP contribution is 2.32. The second kappa shape index (κ2) is 9.61. The Kier molecular flexibility index (Phi) is 7.17. The molecule has 29 heavy (non-hydrogen) atoms. The molecule has 1 aliphatic heterocycles. The van der Waals surface area contributed by atoms with Crippen molar-refractivity contribution in [1.29, 1.82) is 0 Å². The van der Waals surface area contributed by atoms with Crippen LogP contribution in [0.1, 0.15) is 25.3 Å². The molecule has 1 unspecified atom stereocenters. The second-order valence-electron chi connectivity index (χ2n) is 7.70. The summed E-state index contributed by atoms with van der Waals surface area (Å²) in [7, 11) is 1.57. The van der Waals surface area contributed by atoms with E-state index < -0.39 is 11.5 Å². The normalized spacial score (nSPS) is 17.5. The number of hydrogen-bond acceptors (Lipinski definition) is 4. The largest absolute Gasteiger partial charge is 0.495 e. The van der Waals surface area contributed by atoms with Gasteiger partial charge < -0.3 is 20.1 Å². The van der Waals surface area contributed by atoms with Gasteiger partial charge in [0.05, 0.1) is 24.3 Å². The van der Waals surface area contributed by atoms with Gasteiger partial charge in [-0.15, -0.1) is 0 Å². The Bertz CT molecular complexity index is 834. The number of likely N-dealkylation sites (tertiary alicyclic amines) is 1. The lowest BCUT2D eigenvalue weighted by molar-refractivity contribution is -0.132. The number of aliphatic hydroxyl groups is 1. The van der Waals surface area contributed by atoms with Crippen LogP contribution >= 0.6 is 11.6 Å². The van der Waals surface area contributed by atoms with E-state index in [1.807, 2.05) is 36.4 Å². The van der Waals surface area contributed by atoms with E-state index in [-0.39, 0.29) is 5.91 Å². The topological polar surface area (TPSA) is 61.8 Å². The third-order valence-corrected chi connectivity index (χ3v) is 6.31. The van der Waals surface area contributed by atoms with Gasteiger partial charge in [0.2, 0.25) is 5.91 Å². The molecule has 2 N–H and O–H groups in total. The molecule has 1 heterocycles. The smallest absolute Gasteiger partial charge is 0.230 e. The molecule has 0 bridgehead atoms. The van der Waals surface area contributed by atoms with Crippen LogP contribution in [0.2, 0.25) is 5.02 Å². The van der Waals surface area contributed by atoms with E-state index in [9.17, 15) is 9.90 Å². The number of benzene rings is 2. The Morgan fingerprint density at radius 3 is 2.55 bits per heavy atom. The molecule has 0 saturated carbocycles. The fourth-order valence-electron chi connectivity index (χ4n) is 3.81. The lowest BCUT2D eigenvalue weighted by Crippen LogP contribution is -2.51. The van der Waals surface area contributed by atoms with Crippen LogP contribution < -0.4 is 10.1 Å². The van der Waals surface area contributed by atoms with Crippen LogP contribution in [0.25, 0.3) is 0 Å². The molecular formula is C23H29ClN2O3. The van der Waals surface area contributed by atoms with Crippen molar-refractivity contribution in [1.82, 2.24) is 4.90 Å². The van der Waals surface area contributed by atoms with Gasteiger partial charge in [-0.1, -0.05) is 48.9 Å². The summed E-state index contributed by atoms with van der Waals surface area (Å²) in [5.41, 5.74) is 0.750. The number of methoxy groups -OCH3 is 1. The first-order valence-electron chi connectivity index (χ1n) is 10.0. The summed E-state index contributed by atoms with van der Waals surface area (Å²) in [5.74, 6) is -0.103. The van der Waals surface area contributed by atoms with Gasteiger partial charge in [-0.2, -0.15) is 0 Å². The predicted molar refractivity (Wildman–Crippen MR) is 117 cm³/mol. The monoisotopic (exact) mass is 416 g/mol. The SMILES string of the molecule is COc1ccccc1NC(=O)C(C)C1(O)CCN(CCc2ccccc2Cl)CC1. The Balaban J connectivity index is 1.53. The van der Waals surface area contributed by atoms with Gasteiger partial charge in [0, 0.05) is 24.7 Å².